The Labute approximate surface area is 212 Å². The Bertz CT molecular complexity index is 1300. The second-order valence-corrected chi connectivity index (χ2v) is 10.2. The molecule has 9 heteroatoms. The van der Waals surface area contributed by atoms with Gasteiger partial charge in [-0.15, -0.1) is 0 Å². The van der Waals surface area contributed by atoms with E-state index in [-0.39, 0.29) is 11.5 Å². The molecule has 1 aliphatic heterocycles. The van der Waals surface area contributed by atoms with E-state index in [1.807, 2.05) is 30.6 Å². The number of nitriles is 1. The Kier molecular flexibility index (Phi) is 7.38. The number of hydrogen-bond donors (Lipinski definition) is 2. The number of nitrogens with zero attached hydrogens (tertiary/aromatic N) is 7. The molecule has 0 spiro atoms. The first-order chi connectivity index (χ1) is 17.2. The standard InChI is InChI=1S/C27H34N8O/c1-27(2,3)24(36)18-33-7-9-34(10-8-33)25-6-5-19(15-31-25)23-11-20(21(12-28)14-30-4)17-35-26(23)22(13-29)16-32-35/h5-6,11-12,14-17,24,36H,7-10,18,28H2,1-4H3. The van der Waals surface area contributed by atoms with Gasteiger partial charge in [-0.05, 0) is 23.6 Å². The maximum absolute atomic E-state index is 10.4. The predicted molar refractivity (Wildman–Crippen MR) is 144 cm³/mol. The monoisotopic (exact) mass is 486 g/mol. The number of aliphatic hydroxyl groups is 1. The summed E-state index contributed by atoms with van der Waals surface area (Å²) in [5.41, 5.74) is 10.3. The minimum atomic E-state index is -0.353. The Balaban J connectivity index is 1.58. The number of rotatable bonds is 6. The van der Waals surface area contributed by atoms with Crippen molar-refractivity contribution in [2.24, 2.45) is 16.1 Å². The lowest BCUT2D eigenvalue weighted by Crippen LogP contribution is -2.50. The Morgan fingerprint density at radius 1 is 1.25 bits per heavy atom. The molecule has 3 N–H and O–H groups in total. The van der Waals surface area contributed by atoms with E-state index in [0.29, 0.717) is 12.1 Å². The molecule has 188 valence electrons. The summed E-state index contributed by atoms with van der Waals surface area (Å²) >= 11 is 0. The Hall–Kier alpha value is -3.74. The molecule has 1 fully saturated rings. The van der Waals surface area contributed by atoms with Crippen LogP contribution in [0.5, 0.6) is 0 Å². The second kappa shape index (κ2) is 10.5. The molecule has 4 heterocycles. The van der Waals surface area contributed by atoms with Crippen molar-refractivity contribution < 1.29 is 5.11 Å². The lowest BCUT2D eigenvalue weighted by atomic mass is 9.89. The van der Waals surface area contributed by atoms with Gasteiger partial charge in [-0.25, -0.2) is 9.50 Å². The zero-order valence-electron chi connectivity index (χ0n) is 21.4. The van der Waals surface area contributed by atoms with Crippen LogP contribution in [0.15, 0.2) is 48.0 Å². The molecule has 1 atom stereocenters. The topological polar surface area (TPSA) is 119 Å². The average Bonchev–Trinajstić information content (AvgIpc) is 3.30. The molecule has 0 aromatic carbocycles. The third kappa shape index (κ3) is 5.25. The zero-order chi connectivity index (χ0) is 25.9. The van der Waals surface area contributed by atoms with E-state index < -0.39 is 0 Å². The highest BCUT2D eigenvalue weighted by atomic mass is 16.3. The molecule has 0 radical (unpaired) electrons. The number of piperazine rings is 1. The van der Waals surface area contributed by atoms with Gasteiger partial charge in [0.15, 0.2) is 0 Å². The average molecular weight is 487 g/mol. The normalized spacial score (nSPS) is 16.6. The first-order valence-electron chi connectivity index (χ1n) is 12.1. The quantitative estimate of drug-likeness (QED) is 0.514. The first-order valence-corrected chi connectivity index (χ1v) is 12.1. The van der Waals surface area contributed by atoms with Gasteiger partial charge in [0.1, 0.15) is 11.9 Å². The Morgan fingerprint density at radius 3 is 2.58 bits per heavy atom. The third-order valence-corrected chi connectivity index (χ3v) is 6.70. The van der Waals surface area contributed by atoms with Crippen LogP contribution in [0.3, 0.4) is 0 Å². The van der Waals surface area contributed by atoms with Crippen LogP contribution in [0.1, 0.15) is 31.9 Å². The van der Waals surface area contributed by atoms with E-state index in [2.05, 4.69) is 46.7 Å². The number of pyridine rings is 2. The molecule has 1 aliphatic rings. The minimum Gasteiger partial charge on any atom is -0.404 e. The van der Waals surface area contributed by atoms with Gasteiger partial charge in [-0.3, -0.25) is 9.89 Å². The molecule has 0 bridgehead atoms. The van der Waals surface area contributed by atoms with Gasteiger partial charge in [0.05, 0.1) is 23.4 Å². The van der Waals surface area contributed by atoms with E-state index in [0.717, 1.165) is 59.8 Å². The lowest BCUT2D eigenvalue weighted by Gasteiger charge is -2.38. The molecule has 1 unspecified atom stereocenters. The van der Waals surface area contributed by atoms with Gasteiger partial charge in [-0.2, -0.15) is 10.4 Å². The van der Waals surface area contributed by atoms with Crippen molar-refractivity contribution in [1.29, 1.82) is 5.26 Å². The van der Waals surface area contributed by atoms with E-state index in [9.17, 15) is 10.4 Å². The number of hydrogen-bond acceptors (Lipinski definition) is 8. The smallest absolute Gasteiger partial charge is 0.128 e. The number of anilines is 1. The van der Waals surface area contributed by atoms with Crippen LogP contribution in [0.25, 0.3) is 22.2 Å². The van der Waals surface area contributed by atoms with Gasteiger partial charge in [0.25, 0.3) is 0 Å². The summed E-state index contributed by atoms with van der Waals surface area (Å²) in [6.07, 6.45) is 8.11. The highest BCUT2D eigenvalue weighted by Gasteiger charge is 2.26. The van der Waals surface area contributed by atoms with Crippen LogP contribution in [0.2, 0.25) is 0 Å². The first kappa shape index (κ1) is 25.4. The van der Waals surface area contributed by atoms with Crippen molar-refractivity contribution in [3.05, 3.63) is 54.1 Å². The van der Waals surface area contributed by atoms with Crippen LogP contribution >= 0.6 is 0 Å². The summed E-state index contributed by atoms with van der Waals surface area (Å²) in [6.45, 7) is 10.4. The van der Waals surface area contributed by atoms with Gasteiger partial charge >= 0.3 is 0 Å². The van der Waals surface area contributed by atoms with Crippen LogP contribution in [0.4, 0.5) is 5.82 Å². The van der Waals surface area contributed by atoms with Crippen LogP contribution in [-0.4, -0.2) is 76.7 Å². The number of allylic oxidation sites excluding steroid dienone is 1. The highest BCUT2D eigenvalue weighted by molar-refractivity contribution is 6.10. The summed E-state index contributed by atoms with van der Waals surface area (Å²) in [5, 5.41) is 24.5. The number of aliphatic imine (C=N–C) groups is 1. The molecule has 0 amide bonds. The number of nitrogens with two attached hydrogens (primary N) is 1. The maximum atomic E-state index is 10.4. The van der Waals surface area contributed by atoms with Crippen molar-refractivity contribution in [3.8, 4) is 17.2 Å². The number of aromatic nitrogens is 3. The van der Waals surface area contributed by atoms with Crippen LogP contribution in [0, 0.1) is 16.7 Å². The largest absolute Gasteiger partial charge is 0.404 e. The van der Waals surface area contributed by atoms with Crippen molar-refractivity contribution in [2.45, 2.75) is 26.9 Å². The van der Waals surface area contributed by atoms with Crippen LogP contribution < -0.4 is 10.6 Å². The van der Waals surface area contributed by atoms with Gasteiger partial charge in [0, 0.05) is 86.8 Å². The molecule has 36 heavy (non-hydrogen) atoms. The summed E-state index contributed by atoms with van der Waals surface area (Å²) in [4.78, 5) is 13.4. The second-order valence-electron chi connectivity index (χ2n) is 10.2. The van der Waals surface area contributed by atoms with Gasteiger partial charge in [0.2, 0.25) is 0 Å². The summed E-state index contributed by atoms with van der Waals surface area (Å²) in [5.74, 6) is 0.914. The van der Waals surface area contributed by atoms with Gasteiger partial charge < -0.3 is 15.7 Å². The van der Waals surface area contributed by atoms with Crippen molar-refractivity contribution >= 4 is 23.1 Å². The van der Waals surface area contributed by atoms with Gasteiger partial charge in [-0.1, -0.05) is 20.8 Å². The third-order valence-electron chi connectivity index (χ3n) is 6.70. The van der Waals surface area contributed by atoms with E-state index in [1.54, 1.807) is 24.0 Å². The minimum absolute atomic E-state index is 0.123. The Morgan fingerprint density at radius 2 is 2.00 bits per heavy atom. The molecular formula is C27H34N8O. The SMILES string of the molecule is CN=CC(=CN)c1cc(-c2ccc(N3CCN(CC(O)C(C)(C)C)CC3)nc2)c2c(C#N)cnn2c1. The molecule has 4 rings (SSSR count). The summed E-state index contributed by atoms with van der Waals surface area (Å²) < 4.78 is 1.70. The van der Waals surface area contributed by atoms with Crippen molar-refractivity contribution in [2.75, 3.05) is 44.7 Å². The summed E-state index contributed by atoms with van der Waals surface area (Å²) in [7, 11) is 1.69. The van der Waals surface area contributed by atoms with E-state index in [4.69, 9.17) is 10.7 Å². The lowest BCUT2D eigenvalue weighted by molar-refractivity contribution is 0.0269. The van der Waals surface area contributed by atoms with Crippen molar-refractivity contribution in [1.82, 2.24) is 19.5 Å². The van der Waals surface area contributed by atoms with Crippen LogP contribution in [-0.2, 0) is 0 Å². The molecule has 3 aromatic rings. The fourth-order valence-corrected chi connectivity index (χ4v) is 4.34. The fraction of sp³-hybridized carbons (Fsp3) is 0.407. The van der Waals surface area contributed by atoms with Crippen molar-refractivity contribution in [3.63, 3.8) is 0 Å². The molecule has 9 nitrogen and oxygen atoms in total. The zero-order valence-corrected chi connectivity index (χ0v) is 21.4. The molecular weight excluding hydrogens is 452 g/mol. The highest BCUT2D eigenvalue weighted by Crippen LogP contribution is 2.31. The molecule has 1 saturated heterocycles. The maximum Gasteiger partial charge on any atom is 0.128 e. The molecule has 3 aromatic heterocycles. The molecule has 0 saturated carbocycles. The fourth-order valence-electron chi connectivity index (χ4n) is 4.34. The number of fused-ring (bicyclic) bond motifs is 1. The summed E-state index contributed by atoms with van der Waals surface area (Å²) in [6, 6.07) is 8.29. The number of aliphatic hydroxyl groups excluding tert-OH is 1. The van der Waals surface area contributed by atoms with E-state index in [1.165, 1.54) is 6.20 Å². The van der Waals surface area contributed by atoms with E-state index >= 15 is 0 Å². The number of β-amino-alcohol motifs (C(OH)–C–C–N with tert-alkyl or cyclic N) is 1. The predicted octanol–water partition coefficient (Wildman–Crippen LogP) is 2.80. The molecule has 0 aliphatic carbocycles.